The number of hydrogen-bond acceptors (Lipinski definition) is 5. The highest BCUT2D eigenvalue weighted by molar-refractivity contribution is 7.88. The maximum Gasteiger partial charge on any atom is 0.239 e. The largest absolute Gasteiger partial charge is 0.377 e. The number of rotatable bonds is 6. The zero-order valence-corrected chi connectivity index (χ0v) is 13.7. The van der Waals surface area contributed by atoms with Gasteiger partial charge in [0.2, 0.25) is 15.9 Å². The maximum absolute atomic E-state index is 12.1. The normalized spacial score (nSPS) is 17.9. The molecular weight excluding hydrogens is 318 g/mol. The Balaban J connectivity index is 1.97. The highest BCUT2D eigenvalue weighted by Crippen LogP contribution is 2.15. The predicted octanol–water partition coefficient (Wildman–Crippen LogP) is 0.937. The van der Waals surface area contributed by atoms with E-state index in [0.29, 0.717) is 17.9 Å². The van der Waals surface area contributed by atoms with E-state index in [0.717, 1.165) is 23.4 Å². The molecule has 1 saturated heterocycles. The van der Waals surface area contributed by atoms with Crippen LogP contribution in [-0.2, 0) is 19.6 Å². The van der Waals surface area contributed by atoms with Crippen LogP contribution in [0.5, 0.6) is 0 Å². The lowest BCUT2D eigenvalue weighted by Crippen LogP contribution is -2.41. The van der Waals surface area contributed by atoms with E-state index in [1.807, 2.05) is 6.07 Å². The van der Waals surface area contributed by atoms with Crippen molar-refractivity contribution in [1.82, 2.24) is 4.31 Å². The van der Waals surface area contributed by atoms with Gasteiger partial charge in [-0.05, 0) is 37.1 Å². The monoisotopic (exact) mass is 337 g/mol. The molecular formula is C15H19N3O4S. The first-order valence-electron chi connectivity index (χ1n) is 7.25. The van der Waals surface area contributed by atoms with Crippen LogP contribution in [0.3, 0.4) is 0 Å². The van der Waals surface area contributed by atoms with Gasteiger partial charge in [-0.3, -0.25) is 4.79 Å². The summed E-state index contributed by atoms with van der Waals surface area (Å²) in [6.45, 7) is 0.540. The Hall–Kier alpha value is -1.95. The van der Waals surface area contributed by atoms with Gasteiger partial charge in [0.05, 0.1) is 30.5 Å². The molecule has 0 radical (unpaired) electrons. The number of amides is 1. The Bertz CT molecular complexity index is 688. The first-order valence-corrected chi connectivity index (χ1v) is 9.10. The quantitative estimate of drug-likeness (QED) is 0.833. The van der Waals surface area contributed by atoms with Crippen LogP contribution in [0.4, 0.5) is 5.69 Å². The molecule has 1 fully saturated rings. The summed E-state index contributed by atoms with van der Waals surface area (Å²) in [6.07, 6.45) is 2.62. The van der Waals surface area contributed by atoms with Gasteiger partial charge in [0.15, 0.2) is 0 Å². The smallest absolute Gasteiger partial charge is 0.239 e. The Morgan fingerprint density at radius 2 is 2.13 bits per heavy atom. The van der Waals surface area contributed by atoms with Crippen molar-refractivity contribution in [3.05, 3.63) is 29.8 Å². The molecule has 23 heavy (non-hydrogen) atoms. The Labute approximate surface area is 135 Å². The SMILES string of the molecule is CS(=O)(=O)N(CC(=O)Nc1ccc(C#N)cc1)CC1CCCO1. The molecule has 0 saturated carbocycles. The van der Waals surface area contributed by atoms with Gasteiger partial charge < -0.3 is 10.1 Å². The molecule has 124 valence electrons. The molecule has 1 aliphatic rings. The molecule has 1 heterocycles. The molecule has 7 nitrogen and oxygen atoms in total. The summed E-state index contributed by atoms with van der Waals surface area (Å²) in [4.78, 5) is 12.1. The van der Waals surface area contributed by atoms with Crippen molar-refractivity contribution in [2.45, 2.75) is 18.9 Å². The molecule has 0 spiro atoms. The van der Waals surface area contributed by atoms with Gasteiger partial charge in [0, 0.05) is 18.8 Å². The number of benzene rings is 1. The van der Waals surface area contributed by atoms with Crippen LogP contribution >= 0.6 is 0 Å². The van der Waals surface area contributed by atoms with Gasteiger partial charge in [-0.2, -0.15) is 9.57 Å². The molecule has 0 bridgehead atoms. The van der Waals surface area contributed by atoms with Gasteiger partial charge in [-0.1, -0.05) is 0 Å². The molecule has 1 atom stereocenters. The second-order valence-corrected chi connectivity index (χ2v) is 7.41. The molecule has 1 aromatic carbocycles. The van der Waals surface area contributed by atoms with E-state index in [4.69, 9.17) is 10.00 Å². The maximum atomic E-state index is 12.1. The lowest BCUT2D eigenvalue weighted by atomic mass is 10.2. The molecule has 1 N–H and O–H groups in total. The highest BCUT2D eigenvalue weighted by atomic mass is 32.2. The predicted molar refractivity (Wildman–Crippen MR) is 85.2 cm³/mol. The van der Waals surface area contributed by atoms with E-state index in [2.05, 4.69) is 5.32 Å². The molecule has 1 amide bonds. The molecule has 0 aliphatic carbocycles. The van der Waals surface area contributed by atoms with Crippen LogP contribution in [0.2, 0.25) is 0 Å². The molecule has 8 heteroatoms. The number of anilines is 1. The summed E-state index contributed by atoms with van der Waals surface area (Å²) in [5, 5.41) is 11.4. The summed E-state index contributed by atoms with van der Waals surface area (Å²) >= 11 is 0. The number of carbonyl (C=O) groups is 1. The fraction of sp³-hybridized carbons (Fsp3) is 0.467. The van der Waals surface area contributed by atoms with Gasteiger partial charge in [-0.25, -0.2) is 8.42 Å². The van der Waals surface area contributed by atoms with Gasteiger partial charge >= 0.3 is 0 Å². The van der Waals surface area contributed by atoms with Gasteiger partial charge in [0.1, 0.15) is 0 Å². The number of nitrogens with one attached hydrogen (secondary N) is 1. The van der Waals surface area contributed by atoms with Crippen molar-refractivity contribution in [2.75, 3.05) is 31.3 Å². The average Bonchev–Trinajstić information content (AvgIpc) is 2.99. The van der Waals surface area contributed by atoms with E-state index >= 15 is 0 Å². The second-order valence-electron chi connectivity index (χ2n) is 5.43. The van der Waals surface area contributed by atoms with Crippen LogP contribution in [0.25, 0.3) is 0 Å². The molecule has 0 aromatic heterocycles. The lowest BCUT2D eigenvalue weighted by Gasteiger charge is -2.22. The number of carbonyl (C=O) groups excluding carboxylic acids is 1. The number of ether oxygens (including phenoxy) is 1. The third-order valence-corrected chi connectivity index (χ3v) is 4.73. The third-order valence-electron chi connectivity index (χ3n) is 3.52. The number of hydrogen-bond donors (Lipinski definition) is 1. The third kappa shape index (κ3) is 5.32. The van der Waals surface area contributed by atoms with Crippen molar-refractivity contribution < 1.29 is 17.9 Å². The number of nitrogens with zero attached hydrogens (tertiary/aromatic N) is 2. The lowest BCUT2D eigenvalue weighted by molar-refractivity contribution is -0.116. The summed E-state index contributed by atoms with van der Waals surface area (Å²) in [7, 11) is -3.50. The van der Waals surface area contributed by atoms with E-state index in [-0.39, 0.29) is 19.2 Å². The van der Waals surface area contributed by atoms with E-state index < -0.39 is 15.9 Å². The fourth-order valence-electron chi connectivity index (χ4n) is 2.32. The summed E-state index contributed by atoms with van der Waals surface area (Å²) in [5.41, 5.74) is 0.999. The van der Waals surface area contributed by atoms with Crippen molar-refractivity contribution in [2.24, 2.45) is 0 Å². The summed E-state index contributed by atoms with van der Waals surface area (Å²) in [6, 6.07) is 8.34. The van der Waals surface area contributed by atoms with Gasteiger partial charge in [0.25, 0.3) is 0 Å². The molecule has 1 aliphatic heterocycles. The fourth-order valence-corrected chi connectivity index (χ4v) is 3.11. The van der Waals surface area contributed by atoms with Crippen molar-refractivity contribution in [3.63, 3.8) is 0 Å². The van der Waals surface area contributed by atoms with E-state index in [1.54, 1.807) is 24.3 Å². The van der Waals surface area contributed by atoms with Crippen molar-refractivity contribution in [3.8, 4) is 6.07 Å². The van der Waals surface area contributed by atoms with Crippen LogP contribution in [0, 0.1) is 11.3 Å². The zero-order chi connectivity index (χ0) is 16.9. The van der Waals surface area contributed by atoms with E-state index in [1.165, 1.54) is 0 Å². The molecule has 2 rings (SSSR count). The topological polar surface area (TPSA) is 99.5 Å². The van der Waals surface area contributed by atoms with Gasteiger partial charge in [-0.15, -0.1) is 0 Å². The van der Waals surface area contributed by atoms with E-state index in [9.17, 15) is 13.2 Å². The van der Waals surface area contributed by atoms with Crippen LogP contribution in [-0.4, -0.2) is 50.7 Å². The first kappa shape index (κ1) is 17.4. The minimum Gasteiger partial charge on any atom is -0.377 e. The zero-order valence-electron chi connectivity index (χ0n) is 12.9. The second kappa shape index (κ2) is 7.55. The molecule has 1 unspecified atom stereocenters. The van der Waals surface area contributed by atoms with Crippen molar-refractivity contribution >= 4 is 21.6 Å². The molecule has 1 aromatic rings. The Kier molecular flexibility index (Phi) is 5.71. The summed E-state index contributed by atoms with van der Waals surface area (Å²) < 4.78 is 30.3. The number of nitriles is 1. The minimum absolute atomic E-state index is 0.160. The highest BCUT2D eigenvalue weighted by Gasteiger charge is 2.26. The average molecular weight is 337 g/mol. The number of sulfonamides is 1. The summed E-state index contributed by atoms with van der Waals surface area (Å²) in [5.74, 6) is -0.432. The van der Waals surface area contributed by atoms with Crippen molar-refractivity contribution in [1.29, 1.82) is 5.26 Å². The Morgan fingerprint density at radius 1 is 1.43 bits per heavy atom. The first-order chi connectivity index (χ1) is 10.9. The minimum atomic E-state index is -3.50. The standard InChI is InChI=1S/C15H19N3O4S/c1-23(20,21)18(10-14-3-2-8-22-14)11-15(19)17-13-6-4-12(9-16)5-7-13/h4-7,14H,2-3,8,10-11H2,1H3,(H,17,19). The van der Waals surface area contributed by atoms with Crippen LogP contribution in [0.1, 0.15) is 18.4 Å². The van der Waals surface area contributed by atoms with Crippen LogP contribution in [0.15, 0.2) is 24.3 Å². The Morgan fingerprint density at radius 3 is 2.65 bits per heavy atom. The van der Waals surface area contributed by atoms with Crippen LogP contribution < -0.4 is 5.32 Å².